The van der Waals surface area contributed by atoms with Crippen molar-refractivity contribution in [2.24, 2.45) is 5.73 Å². The smallest absolute Gasteiger partial charge is 0.161 e. The van der Waals surface area contributed by atoms with E-state index in [9.17, 15) is 0 Å². The highest BCUT2D eigenvalue weighted by atomic mass is 16.5. The summed E-state index contributed by atoms with van der Waals surface area (Å²) in [4.78, 5) is 0. The van der Waals surface area contributed by atoms with E-state index in [1.54, 1.807) is 13.3 Å². The summed E-state index contributed by atoms with van der Waals surface area (Å²) >= 11 is 0. The van der Waals surface area contributed by atoms with Crippen LogP contribution in [0.2, 0.25) is 0 Å². The quantitative estimate of drug-likeness (QED) is 0.911. The van der Waals surface area contributed by atoms with E-state index in [0.717, 1.165) is 30.0 Å². The maximum atomic E-state index is 6.47. The molecule has 0 saturated heterocycles. The molecule has 4 nitrogen and oxygen atoms in total. The van der Waals surface area contributed by atoms with Crippen molar-refractivity contribution in [1.29, 1.82) is 0 Å². The average molecular weight is 273 g/mol. The van der Waals surface area contributed by atoms with Gasteiger partial charge in [0.15, 0.2) is 5.75 Å². The van der Waals surface area contributed by atoms with Gasteiger partial charge in [0, 0.05) is 6.54 Å². The van der Waals surface area contributed by atoms with Gasteiger partial charge in [0.2, 0.25) is 0 Å². The van der Waals surface area contributed by atoms with Gasteiger partial charge in [-0.1, -0.05) is 36.2 Å². The summed E-state index contributed by atoms with van der Waals surface area (Å²) in [6.45, 7) is 7.14. The molecule has 0 saturated carbocycles. The van der Waals surface area contributed by atoms with Crippen molar-refractivity contribution >= 4 is 0 Å². The van der Waals surface area contributed by atoms with Gasteiger partial charge < -0.3 is 10.5 Å². The van der Waals surface area contributed by atoms with Crippen molar-refractivity contribution in [2.45, 2.75) is 39.8 Å². The second-order valence-electron chi connectivity index (χ2n) is 5.22. The summed E-state index contributed by atoms with van der Waals surface area (Å²) in [6.07, 6.45) is 2.75. The molecule has 1 atom stereocenters. The molecule has 0 bridgehead atoms. The van der Waals surface area contributed by atoms with Gasteiger partial charge in [0.25, 0.3) is 0 Å². The average Bonchev–Trinajstić information content (AvgIpc) is 2.80. The maximum absolute atomic E-state index is 6.47. The van der Waals surface area contributed by atoms with Crippen LogP contribution in [-0.2, 0) is 6.54 Å². The van der Waals surface area contributed by atoms with E-state index in [0.29, 0.717) is 0 Å². The normalized spacial score (nSPS) is 12.4. The molecule has 1 aromatic carbocycles. The fourth-order valence-electron chi connectivity index (χ4n) is 2.59. The van der Waals surface area contributed by atoms with Crippen LogP contribution in [0.15, 0.2) is 24.4 Å². The third-order valence-corrected chi connectivity index (χ3v) is 3.40. The predicted octanol–water partition coefficient (Wildman–Crippen LogP) is 2.97. The summed E-state index contributed by atoms with van der Waals surface area (Å²) in [5.41, 5.74) is 10.9. The first-order valence-electron chi connectivity index (χ1n) is 7.00. The van der Waals surface area contributed by atoms with E-state index in [1.807, 2.05) is 4.68 Å². The highest BCUT2D eigenvalue weighted by molar-refractivity contribution is 5.39. The second-order valence-corrected chi connectivity index (χ2v) is 5.22. The first-order chi connectivity index (χ1) is 9.56. The molecule has 2 N–H and O–H groups in total. The standard InChI is InChI=1S/C16H23N3O/c1-5-6-19-16(14(20-4)10-18-19)15(17)13-8-11(2)7-12(3)9-13/h7-10,15H,5-6,17H2,1-4H3. The van der Waals surface area contributed by atoms with E-state index in [-0.39, 0.29) is 6.04 Å². The minimum atomic E-state index is -0.224. The Balaban J connectivity index is 2.45. The van der Waals surface area contributed by atoms with Crippen molar-refractivity contribution in [3.63, 3.8) is 0 Å². The minimum Gasteiger partial charge on any atom is -0.493 e. The molecular formula is C16H23N3O. The fourth-order valence-corrected chi connectivity index (χ4v) is 2.59. The topological polar surface area (TPSA) is 53.1 Å². The van der Waals surface area contributed by atoms with Gasteiger partial charge in [-0.3, -0.25) is 4.68 Å². The number of hydrogen-bond acceptors (Lipinski definition) is 3. The molecular weight excluding hydrogens is 250 g/mol. The molecule has 2 aromatic rings. The van der Waals surface area contributed by atoms with E-state index >= 15 is 0 Å². The van der Waals surface area contributed by atoms with Gasteiger partial charge in [-0.15, -0.1) is 0 Å². The number of aryl methyl sites for hydroxylation is 3. The SMILES string of the molecule is CCCn1ncc(OC)c1C(N)c1cc(C)cc(C)c1. The van der Waals surface area contributed by atoms with Crippen LogP contribution < -0.4 is 10.5 Å². The Morgan fingerprint density at radius 3 is 2.45 bits per heavy atom. The molecule has 0 aliphatic carbocycles. The number of nitrogens with two attached hydrogens (primary N) is 1. The number of rotatable bonds is 5. The van der Waals surface area contributed by atoms with Gasteiger partial charge in [0.1, 0.15) is 5.69 Å². The zero-order chi connectivity index (χ0) is 14.7. The number of ether oxygens (including phenoxy) is 1. The molecule has 0 amide bonds. The number of methoxy groups -OCH3 is 1. The summed E-state index contributed by atoms with van der Waals surface area (Å²) in [5, 5.41) is 4.38. The van der Waals surface area contributed by atoms with Crippen molar-refractivity contribution in [2.75, 3.05) is 7.11 Å². The van der Waals surface area contributed by atoms with Crippen LogP contribution in [0.4, 0.5) is 0 Å². The fraction of sp³-hybridized carbons (Fsp3) is 0.438. The van der Waals surface area contributed by atoms with E-state index in [2.05, 4.69) is 44.1 Å². The molecule has 0 fully saturated rings. The zero-order valence-corrected chi connectivity index (χ0v) is 12.7. The summed E-state index contributed by atoms with van der Waals surface area (Å²) in [7, 11) is 1.66. The molecule has 1 unspecified atom stereocenters. The predicted molar refractivity (Wildman–Crippen MR) is 81.0 cm³/mol. The summed E-state index contributed by atoms with van der Waals surface area (Å²) in [5.74, 6) is 0.755. The largest absolute Gasteiger partial charge is 0.493 e. The maximum Gasteiger partial charge on any atom is 0.161 e. The molecule has 4 heteroatoms. The Hall–Kier alpha value is -1.81. The van der Waals surface area contributed by atoms with E-state index in [1.165, 1.54) is 11.1 Å². The molecule has 0 aliphatic heterocycles. The monoisotopic (exact) mass is 273 g/mol. The van der Waals surface area contributed by atoms with Gasteiger partial charge in [-0.05, 0) is 25.8 Å². The number of aromatic nitrogens is 2. The van der Waals surface area contributed by atoms with Crippen LogP contribution in [0.3, 0.4) is 0 Å². The highest BCUT2D eigenvalue weighted by Crippen LogP contribution is 2.29. The Bertz CT molecular complexity index is 569. The van der Waals surface area contributed by atoms with Gasteiger partial charge in [0.05, 0.1) is 19.3 Å². The van der Waals surface area contributed by atoms with Gasteiger partial charge >= 0.3 is 0 Å². The molecule has 0 spiro atoms. The zero-order valence-electron chi connectivity index (χ0n) is 12.7. The lowest BCUT2D eigenvalue weighted by atomic mass is 9.99. The molecule has 0 radical (unpaired) electrons. The third-order valence-electron chi connectivity index (χ3n) is 3.40. The lowest BCUT2D eigenvalue weighted by Gasteiger charge is -2.17. The number of hydrogen-bond donors (Lipinski definition) is 1. The van der Waals surface area contributed by atoms with Crippen molar-refractivity contribution in [3.05, 3.63) is 46.8 Å². The minimum absolute atomic E-state index is 0.224. The molecule has 108 valence electrons. The Labute approximate surface area is 120 Å². The van der Waals surface area contributed by atoms with Gasteiger partial charge in [-0.2, -0.15) is 5.10 Å². The second kappa shape index (κ2) is 6.09. The Kier molecular flexibility index (Phi) is 4.45. The van der Waals surface area contributed by atoms with E-state index < -0.39 is 0 Å². The molecule has 0 aliphatic rings. The Morgan fingerprint density at radius 1 is 1.25 bits per heavy atom. The molecule has 20 heavy (non-hydrogen) atoms. The van der Waals surface area contributed by atoms with Crippen LogP contribution in [0, 0.1) is 13.8 Å². The number of benzene rings is 1. The first kappa shape index (κ1) is 14.6. The van der Waals surface area contributed by atoms with Crippen LogP contribution in [0.25, 0.3) is 0 Å². The first-order valence-corrected chi connectivity index (χ1v) is 7.00. The number of nitrogens with zero attached hydrogens (tertiary/aromatic N) is 2. The summed E-state index contributed by atoms with van der Waals surface area (Å²) in [6, 6.07) is 6.18. The molecule has 1 heterocycles. The third kappa shape index (κ3) is 2.85. The van der Waals surface area contributed by atoms with Crippen molar-refractivity contribution in [1.82, 2.24) is 9.78 Å². The highest BCUT2D eigenvalue weighted by Gasteiger charge is 2.20. The van der Waals surface area contributed by atoms with Crippen LogP contribution >= 0.6 is 0 Å². The van der Waals surface area contributed by atoms with E-state index in [4.69, 9.17) is 10.5 Å². The Morgan fingerprint density at radius 2 is 1.90 bits per heavy atom. The van der Waals surface area contributed by atoms with Crippen molar-refractivity contribution < 1.29 is 4.74 Å². The lowest BCUT2D eigenvalue weighted by molar-refractivity contribution is 0.404. The molecule has 1 aromatic heterocycles. The lowest BCUT2D eigenvalue weighted by Crippen LogP contribution is -2.18. The summed E-state index contributed by atoms with van der Waals surface area (Å²) < 4.78 is 7.36. The van der Waals surface area contributed by atoms with Crippen LogP contribution in [0.5, 0.6) is 5.75 Å². The van der Waals surface area contributed by atoms with Crippen molar-refractivity contribution in [3.8, 4) is 5.75 Å². The molecule has 2 rings (SSSR count). The van der Waals surface area contributed by atoms with Gasteiger partial charge in [-0.25, -0.2) is 0 Å². The van der Waals surface area contributed by atoms with Crippen LogP contribution in [-0.4, -0.2) is 16.9 Å². The van der Waals surface area contributed by atoms with Crippen LogP contribution in [0.1, 0.15) is 41.8 Å².